The van der Waals surface area contributed by atoms with Gasteiger partial charge in [-0.1, -0.05) is 18.2 Å². The Hall–Kier alpha value is -0.910. The van der Waals surface area contributed by atoms with E-state index in [9.17, 15) is 13.2 Å². The quantitative estimate of drug-likeness (QED) is 0.797. The summed E-state index contributed by atoms with van der Waals surface area (Å²) in [7, 11) is -3.43. The molecular weight excluding hydrogens is 274 g/mol. The van der Waals surface area contributed by atoms with Crippen molar-refractivity contribution in [2.24, 2.45) is 5.92 Å². The fourth-order valence-corrected chi connectivity index (χ4v) is 3.77. The number of carbonyl (C=O) groups is 1. The van der Waals surface area contributed by atoms with Gasteiger partial charge in [0.25, 0.3) is 0 Å². The van der Waals surface area contributed by atoms with Crippen LogP contribution in [0, 0.1) is 5.92 Å². The van der Waals surface area contributed by atoms with E-state index in [1.807, 2.05) is 0 Å². The molecule has 0 aromatic heterocycles. The second kappa shape index (κ2) is 5.38. The molecule has 1 aromatic rings. The molecule has 4 nitrogen and oxygen atoms in total. The third-order valence-corrected chi connectivity index (χ3v) is 5.38. The van der Waals surface area contributed by atoms with Crippen molar-refractivity contribution in [2.75, 3.05) is 13.1 Å². The van der Waals surface area contributed by atoms with Crippen LogP contribution in [0.5, 0.6) is 0 Å². The maximum absolute atomic E-state index is 12.3. The van der Waals surface area contributed by atoms with Gasteiger partial charge < -0.3 is 0 Å². The molecular formula is C12H14ClNO3S. The van der Waals surface area contributed by atoms with Crippen LogP contribution in [0.25, 0.3) is 0 Å². The molecule has 0 aliphatic carbocycles. The van der Waals surface area contributed by atoms with Gasteiger partial charge in [0.05, 0.1) is 4.90 Å². The summed E-state index contributed by atoms with van der Waals surface area (Å²) in [6.07, 6.45) is 0.989. The van der Waals surface area contributed by atoms with Crippen molar-refractivity contribution in [1.82, 2.24) is 4.31 Å². The third kappa shape index (κ3) is 2.74. The number of nitrogens with zero attached hydrogens (tertiary/aromatic N) is 1. The Morgan fingerprint density at radius 2 is 1.72 bits per heavy atom. The monoisotopic (exact) mass is 287 g/mol. The molecule has 0 unspecified atom stereocenters. The highest BCUT2D eigenvalue weighted by Crippen LogP contribution is 2.24. The van der Waals surface area contributed by atoms with Crippen LogP contribution in [0.15, 0.2) is 35.2 Å². The average molecular weight is 288 g/mol. The van der Waals surface area contributed by atoms with Gasteiger partial charge in [0, 0.05) is 19.0 Å². The van der Waals surface area contributed by atoms with Crippen LogP contribution >= 0.6 is 11.6 Å². The van der Waals surface area contributed by atoms with Crippen molar-refractivity contribution in [2.45, 2.75) is 17.7 Å². The molecule has 98 valence electrons. The number of hydrogen-bond donors (Lipinski definition) is 0. The summed E-state index contributed by atoms with van der Waals surface area (Å²) in [5.74, 6) is -0.214. The second-order valence-corrected chi connectivity index (χ2v) is 6.61. The smallest absolute Gasteiger partial charge is 0.243 e. The Morgan fingerprint density at radius 1 is 1.17 bits per heavy atom. The van der Waals surface area contributed by atoms with Gasteiger partial charge in [0.2, 0.25) is 15.3 Å². The highest BCUT2D eigenvalue weighted by atomic mass is 35.5. The van der Waals surface area contributed by atoms with Gasteiger partial charge in [-0.15, -0.1) is 0 Å². The molecule has 1 heterocycles. The molecule has 1 saturated heterocycles. The highest BCUT2D eigenvalue weighted by Gasteiger charge is 2.31. The standard InChI is InChI=1S/C12H14ClNO3S/c13-12(15)10-6-8-14(9-7-10)18(16,17)11-4-2-1-3-5-11/h1-5,10H,6-9H2. The van der Waals surface area contributed by atoms with E-state index < -0.39 is 10.0 Å². The summed E-state index contributed by atoms with van der Waals surface area (Å²) < 4.78 is 26.0. The van der Waals surface area contributed by atoms with Crippen molar-refractivity contribution in [3.05, 3.63) is 30.3 Å². The van der Waals surface area contributed by atoms with E-state index >= 15 is 0 Å². The first-order valence-electron chi connectivity index (χ1n) is 5.76. The van der Waals surface area contributed by atoms with Gasteiger partial charge in [0.15, 0.2) is 0 Å². The molecule has 18 heavy (non-hydrogen) atoms. The fourth-order valence-electron chi connectivity index (χ4n) is 2.06. The Morgan fingerprint density at radius 3 is 2.22 bits per heavy atom. The summed E-state index contributed by atoms with van der Waals surface area (Å²) in [5.41, 5.74) is 0. The Kier molecular flexibility index (Phi) is 4.04. The minimum atomic E-state index is -3.43. The molecule has 1 aliphatic rings. The maximum atomic E-state index is 12.3. The number of halogens is 1. The van der Waals surface area contributed by atoms with Crippen LogP contribution in [0.4, 0.5) is 0 Å². The van der Waals surface area contributed by atoms with Crippen molar-refractivity contribution < 1.29 is 13.2 Å². The predicted octanol–water partition coefficient (Wildman–Crippen LogP) is 1.85. The summed E-state index contributed by atoms with van der Waals surface area (Å²) in [5, 5.41) is -0.369. The molecule has 0 N–H and O–H groups in total. The average Bonchev–Trinajstić information content (AvgIpc) is 2.40. The number of piperidine rings is 1. The predicted molar refractivity (Wildman–Crippen MR) is 68.8 cm³/mol. The van der Waals surface area contributed by atoms with Crippen LogP contribution in [-0.4, -0.2) is 31.1 Å². The van der Waals surface area contributed by atoms with Gasteiger partial charge in [-0.2, -0.15) is 4.31 Å². The van der Waals surface area contributed by atoms with E-state index in [1.54, 1.807) is 30.3 Å². The lowest BCUT2D eigenvalue weighted by atomic mass is 10.00. The van der Waals surface area contributed by atoms with E-state index in [0.717, 1.165) is 0 Å². The third-order valence-electron chi connectivity index (χ3n) is 3.16. The van der Waals surface area contributed by atoms with Crippen molar-refractivity contribution >= 4 is 26.9 Å². The van der Waals surface area contributed by atoms with E-state index in [-0.39, 0.29) is 11.2 Å². The molecule has 1 fully saturated rings. The fraction of sp³-hybridized carbons (Fsp3) is 0.417. The summed E-state index contributed by atoms with van der Waals surface area (Å²) in [6.45, 7) is 0.695. The number of rotatable bonds is 3. The topological polar surface area (TPSA) is 54.5 Å². The lowest BCUT2D eigenvalue weighted by Crippen LogP contribution is -2.39. The summed E-state index contributed by atoms with van der Waals surface area (Å²) in [6, 6.07) is 8.32. The first-order chi connectivity index (χ1) is 8.51. The van der Waals surface area contributed by atoms with Gasteiger partial charge in [-0.3, -0.25) is 4.79 Å². The summed E-state index contributed by atoms with van der Waals surface area (Å²) >= 11 is 5.43. The largest absolute Gasteiger partial charge is 0.281 e. The van der Waals surface area contributed by atoms with Gasteiger partial charge in [-0.05, 0) is 36.6 Å². The molecule has 1 aromatic carbocycles. The van der Waals surface area contributed by atoms with Crippen molar-refractivity contribution in [3.8, 4) is 0 Å². The highest BCUT2D eigenvalue weighted by molar-refractivity contribution is 7.89. The molecule has 1 aliphatic heterocycles. The Balaban J connectivity index is 2.12. The normalized spacial score (nSPS) is 18.7. The summed E-state index contributed by atoms with van der Waals surface area (Å²) in [4.78, 5) is 11.3. The molecule has 2 rings (SSSR count). The molecule has 6 heteroatoms. The number of hydrogen-bond acceptors (Lipinski definition) is 3. The van der Waals surface area contributed by atoms with Gasteiger partial charge in [-0.25, -0.2) is 8.42 Å². The molecule has 0 spiro atoms. The van der Waals surface area contributed by atoms with Crippen LogP contribution in [0.3, 0.4) is 0 Å². The maximum Gasteiger partial charge on any atom is 0.243 e. The second-order valence-electron chi connectivity index (χ2n) is 4.30. The number of benzene rings is 1. The molecule has 0 atom stereocenters. The Labute approximate surface area is 112 Å². The first kappa shape index (κ1) is 13.5. The molecule has 0 bridgehead atoms. The molecule has 0 saturated carbocycles. The number of carbonyl (C=O) groups excluding carboxylic acids is 1. The Bertz CT molecular complexity index is 522. The van der Waals surface area contributed by atoms with Crippen molar-refractivity contribution in [1.29, 1.82) is 0 Å². The molecule has 0 amide bonds. The zero-order chi connectivity index (χ0) is 13.2. The lowest BCUT2D eigenvalue weighted by Gasteiger charge is -2.29. The van der Waals surface area contributed by atoms with E-state index in [2.05, 4.69) is 0 Å². The van der Waals surface area contributed by atoms with Crippen LogP contribution in [0.1, 0.15) is 12.8 Å². The zero-order valence-electron chi connectivity index (χ0n) is 9.75. The van der Waals surface area contributed by atoms with Crippen LogP contribution in [-0.2, 0) is 14.8 Å². The van der Waals surface area contributed by atoms with E-state index in [0.29, 0.717) is 30.8 Å². The van der Waals surface area contributed by atoms with E-state index in [4.69, 9.17) is 11.6 Å². The van der Waals surface area contributed by atoms with Crippen LogP contribution < -0.4 is 0 Å². The van der Waals surface area contributed by atoms with Crippen molar-refractivity contribution in [3.63, 3.8) is 0 Å². The molecule has 0 radical (unpaired) electrons. The minimum Gasteiger partial charge on any atom is -0.281 e. The van der Waals surface area contributed by atoms with E-state index in [1.165, 1.54) is 4.31 Å². The minimum absolute atomic E-state index is 0.214. The van der Waals surface area contributed by atoms with Gasteiger partial charge >= 0.3 is 0 Å². The van der Waals surface area contributed by atoms with Crippen LogP contribution in [0.2, 0.25) is 0 Å². The lowest BCUT2D eigenvalue weighted by molar-refractivity contribution is -0.116. The van der Waals surface area contributed by atoms with Gasteiger partial charge in [0.1, 0.15) is 0 Å². The zero-order valence-corrected chi connectivity index (χ0v) is 11.3. The number of sulfonamides is 1. The first-order valence-corrected chi connectivity index (χ1v) is 7.58. The SMILES string of the molecule is O=C(Cl)C1CCN(S(=O)(=O)c2ccccc2)CC1.